The molecule has 0 N–H and O–H groups in total. The van der Waals surface area contributed by atoms with E-state index in [1.54, 1.807) is 30.3 Å². The number of halogens is 4. The van der Waals surface area contributed by atoms with Gasteiger partial charge >= 0.3 is 6.18 Å². The maximum absolute atomic E-state index is 12.8. The number of pyridine rings is 1. The highest BCUT2D eigenvalue weighted by Gasteiger charge is 2.33. The maximum Gasteiger partial charge on any atom is 0.433 e. The van der Waals surface area contributed by atoms with Crippen LogP contribution in [-0.4, -0.2) is 10.9 Å². The molecule has 1 aromatic heterocycles. The largest absolute Gasteiger partial charge is 0.468 e. The first-order chi connectivity index (χ1) is 11.0. The van der Waals surface area contributed by atoms with Crippen molar-refractivity contribution in [2.45, 2.75) is 18.7 Å². The van der Waals surface area contributed by atoms with Crippen molar-refractivity contribution in [2.75, 3.05) is 5.88 Å². The number of rotatable bonds is 5. The smallest absolute Gasteiger partial charge is 0.433 e. The normalized spacial score (nSPS) is 12.5. The highest BCUT2D eigenvalue weighted by Crippen LogP contribution is 2.32. The van der Waals surface area contributed by atoms with Gasteiger partial charge in [0.1, 0.15) is 23.4 Å². The molecule has 120 valence electrons. The molecule has 2 rings (SSSR count). The lowest BCUT2D eigenvalue weighted by molar-refractivity contribution is -0.141. The number of hydrogen-bond donors (Lipinski definition) is 0. The monoisotopic (exact) mass is 340 g/mol. The summed E-state index contributed by atoms with van der Waals surface area (Å²) in [5.74, 6) is -0.0956. The van der Waals surface area contributed by atoms with Crippen LogP contribution >= 0.6 is 11.6 Å². The fourth-order valence-corrected chi connectivity index (χ4v) is 2.17. The lowest BCUT2D eigenvalue weighted by Crippen LogP contribution is -2.13. The first kappa shape index (κ1) is 17.1. The zero-order valence-corrected chi connectivity index (χ0v) is 12.6. The van der Waals surface area contributed by atoms with Crippen LogP contribution in [0.3, 0.4) is 0 Å². The summed E-state index contributed by atoms with van der Waals surface area (Å²) in [5.41, 5.74) is -0.422. The molecule has 3 nitrogen and oxygen atoms in total. The van der Waals surface area contributed by atoms with Crippen LogP contribution in [0.4, 0.5) is 13.2 Å². The molecule has 0 aliphatic carbocycles. The molecule has 0 radical (unpaired) electrons. The minimum Gasteiger partial charge on any atom is -0.468 e. The predicted molar refractivity (Wildman–Crippen MR) is 79.1 cm³/mol. The lowest BCUT2D eigenvalue weighted by Gasteiger charge is -2.19. The van der Waals surface area contributed by atoms with Gasteiger partial charge in [-0.25, -0.2) is 4.98 Å². The number of nitriles is 1. The number of benzene rings is 1. The standard InChI is InChI=1S/C16H12ClF3N2O/c17-9-8-13(11-4-2-1-3-5-11)23-15-12(10-21)6-7-14(22-15)16(18,19)20/h1-7,13H,8-9H2. The van der Waals surface area contributed by atoms with E-state index in [1.807, 2.05) is 6.07 Å². The Hall–Kier alpha value is -2.26. The molecule has 2 aromatic rings. The molecule has 1 unspecified atom stereocenters. The Bertz CT molecular complexity index is 699. The van der Waals surface area contributed by atoms with Crippen LogP contribution in [0.2, 0.25) is 0 Å². The fraction of sp³-hybridized carbons (Fsp3) is 0.250. The van der Waals surface area contributed by atoms with E-state index in [2.05, 4.69) is 4.98 Å². The third kappa shape index (κ3) is 4.36. The van der Waals surface area contributed by atoms with Gasteiger partial charge in [-0.3, -0.25) is 0 Å². The predicted octanol–water partition coefficient (Wildman–Crippen LogP) is 4.72. The quantitative estimate of drug-likeness (QED) is 0.740. The SMILES string of the molecule is N#Cc1ccc(C(F)(F)F)nc1OC(CCCl)c1ccccc1. The molecule has 0 aliphatic heterocycles. The fourth-order valence-electron chi connectivity index (χ4n) is 1.97. The van der Waals surface area contributed by atoms with Crippen LogP contribution in [0.5, 0.6) is 5.88 Å². The van der Waals surface area contributed by atoms with Crippen molar-refractivity contribution in [1.82, 2.24) is 4.98 Å². The second kappa shape index (κ2) is 7.34. The van der Waals surface area contributed by atoms with Gasteiger partial charge in [0, 0.05) is 12.3 Å². The van der Waals surface area contributed by atoms with Gasteiger partial charge in [0.2, 0.25) is 5.88 Å². The van der Waals surface area contributed by atoms with Gasteiger partial charge in [-0.1, -0.05) is 30.3 Å². The van der Waals surface area contributed by atoms with Crippen LogP contribution in [-0.2, 0) is 6.18 Å². The molecule has 0 aliphatic rings. The van der Waals surface area contributed by atoms with Gasteiger partial charge < -0.3 is 4.74 Å². The summed E-state index contributed by atoms with van der Waals surface area (Å²) in [6, 6.07) is 12.5. The van der Waals surface area contributed by atoms with Crippen molar-refractivity contribution >= 4 is 11.6 Å². The minimum absolute atomic E-state index is 0.0616. The summed E-state index contributed by atoms with van der Waals surface area (Å²) in [6.45, 7) is 0. The highest BCUT2D eigenvalue weighted by molar-refractivity contribution is 6.17. The molecule has 0 spiro atoms. The topological polar surface area (TPSA) is 45.9 Å². The molecule has 0 fully saturated rings. The number of nitrogens with zero attached hydrogens (tertiary/aromatic N) is 2. The second-order valence-corrected chi connectivity index (χ2v) is 5.03. The summed E-state index contributed by atoms with van der Waals surface area (Å²) in [4.78, 5) is 3.45. The van der Waals surface area contributed by atoms with E-state index in [9.17, 15) is 13.2 Å². The summed E-state index contributed by atoms with van der Waals surface area (Å²) in [6.07, 6.45) is -4.83. The maximum atomic E-state index is 12.8. The Morgan fingerprint density at radius 2 is 1.87 bits per heavy atom. The molecule has 0 saturated carbocycles. The second-order valence-electron chi connectivity index (χ2n) is 4.65. The van der Waals surface area contributed by atoms with Crippen LogP contribution in [0, 0.1) is 11.3 Å². The number of ether oxygens (including phenoxy) is 1. The number of hydrogen-bond acceptors (Lipinski definition) is 3. The zero-order valence-electron chi connectivity index (χ0n) is 11.8. The summed E-state index contributed by atoms with van der Waals surface area (Å²) < 4.78 is 44.0. The van der Waals surface area contributed by atoms with Crippen LogP contribution in [0.1, 0.15) is 29.3 Å². The number of alkyl halides is 4. The van der Waals surface area contributed by atoms with Crippen LogP contribution < -0.4 is 4.74 Å². The van der Waals surface area contributed by atoms with Crippen molar-refractivity contribution in [3.8, 4) is 11.9 Å². The van der Waals surface area contributed by atoms with Gasteiger partial charge in [0.15, 0.2) is 0 Å². The van der Waals surface area contributed by atoms with E-state index < -0.39 is 18.0 Å². The Balaban J connectivity index is 2.37. The first-order valence-corrected chi connectivity index (χ1v) is 7.25. The third-order valence-electron chi connectivity index (χ3n) is 3.07. The number of aromatic nitrogens is 1. The van der Waals surface area contributed by atoms with Gasteiger partial charge in [-0.15, -0.1) is 11.6 Å². The lowest BCUT2D eigenvalue weighted by atomic mass is 10.1. The van der Waals surface area contributed by atoms with E-state index in [0.29, 0.717) is 6.42 Å². The van der Waals surface area contributed by atoms with Crippen LogP contribution in [0.25, 0.3) is 0 Å². The Labute approximate surface area is 136 Å². The van der Waals surface area contributed by atoms with Crippen molar-refractivity contribution in [3.63, 3.8) is 0 Å². The third-order valence-corrected chi connectivity index (χ3v) is 3.29. The molecule has 0 saturated heterocycles. The van der Waals surface area contributed by atoms with E-state index >= 15 is 0 Å². The van der Waals surface area contributed by atoms with Crippen molar-refractivity contribution < 1.29 is 17.9 Å². The molecule has 7 heteroatoms. The molecule has 1 heterocycles. The average Bonchev–Trinajstić information content (AvgIpc) is 2.54. The zero-order chi connectivity index (χ0) is 16.9. The van der Waals surface area contributed by atoms with E-state index in [1.165, 1.54) is 0 Å². The van der Waals surface area contributed by atoms with Gasteiger partial charge in [0.05, 0.1) is 0 Å². The van der Waals surface area contributed by atoms with E-state index in [4.69, 9.17) is 21.6 Å². The molecular weight excluding hydrogens is 329 g/mol. The summed E-state index contributed by atoms with van der Waals surface area (Å²) >= 11 is 5.74. The van der Waals surface area contributed by atoms with Crippen molar-refractivity contribution in [2.24, 2.45) is 0 Å². The Morgan fingerprint density at radius 1 is 1.17 bits per heavy atom. The van der Waals surface area contributed by atoms with Gasteiger partial charge in [-0.2, -0.15) is 18.4 Å². The van der Waals surface area contributed by atoms with E-state index in [-0.39, 0.29) is 17.3 Å². The first-order valence-electron chi connectivity index (χ1n) is 6.71. The van der Waals surface area contributed by atoms with Gasteiger partial charge in [-0.05, 0) is 17.7 Å². The molecular formula is C16H12ClF3N2O. The summed E-state index contributed by atoms with van der Waals surface area (Å²) in [5, 5.41) is 9.05. The molecule has 1 aromatic carbocycles. The molecule has 0 bridgehead atoms. The van der Waals surface area contributed by atoms with Crippen LogP contribution in [0.15, 0.2) is 42.5 Å². The van der Waals surface area contributed by atoms with Gasteiger partial charge in [0.25, 0.3) is 0 Å². The summed E-state index contributed by atoms with van der Waals surface area (Å²) in [7, 11) is 0. The van der Waals surface area contributed by atoms with Crippen molar-refractivity contribution in [3.05, 3.63) is 59.3 Å². The Morgan fingerprint density at radius 3 is 2.43 bits per heavy atom. The average molecular weight is 341 g/mol. The molecule has 1 atom stereocenters. The minimum atomic E-state index is -4.61. The molecule has 0 amide bonds. The van der Waals surface area contributed by atoms with E-state index in [0.717, 1.165) is 17.7 Å². The highest BCUT2D eigenvalue weighted by atomic mass is 35.5. The van der Waals surface area contributed by atoms with Crippen molar-refractivity contribution in [1.29, 1.82) is 5.26 Å². The Kier molecular flexibility index (Phi) is 5.45. The molecule has 23 heavy (non-hydrogen) atoms.